The summed E-state index contributed by atoms with van der Waals surface area (Å²) >= 11 is 0. The number of ether oxygens (including phenoxy) is 1. The predicted octanol–water partition coefficient (Wildman–Crippen LogP) is 1.40. The Morgan fingerprint density at radius 3 is 2.56 bits per heavy atom. The van der Waals surface area contributed by atoms with E-state index in [-0.39, 0.29) is 23.8 Å². The van der Waals surface area contributed by atoms with Crippen LogP contribution in [0.2, 0.25) is 0 Å². The molecule has 1 saturated heterocycles. The van der Waals surface area contributed by atoms with Gasteiger partial charge in [-0.05, 0) is 25.5 Å². The highest BCUT2D eigenvalue weighted by Crippen LogP contribution is 2.40. The van der Waals surface area contributed by atoms with Crippen LogP contribution in [-0.2, 0) is 19.7 Å². The van der Waals surface area contributed by atoms with Gasteiger partial charge in [0.15, 0.2) is 0 Å². The second kappa shape index (κ2) is 8.85. The zero-order valence-electron chi connectivity index (χ0n) is 16.4. The van der Waals surface area contributed by atoms with Crippen molar-refractivity contribution in [2.75, 3.05) is 46.9 Å². The highest BCUT2D eigenvalue weighted by Gasteiger charge is 2.38. The molecular formula is C21H31N3O3. The van der Waals surface area contributed by atoms with E-state index in [1.807, 2.05) is 13.1 Å². The first kappa shape index (κ1) is 19.8. The molecule has 0 aromatic heterocycles. The second-order valence-electron chi connectivity index (χ2n) is 7.87. The molecule has 27 heavy (non-hydrogen) atoms. The van der Waals surface area contributed by atoms with Crippen molar-refractivity contribution in [3.8, 4) is 0 Å². The lowest BCUT2D eigenvalue weighted by Gasteiger charge is -2.39. The topological polar surface area (TPSA) is 61.9 Å². The summed E-state index contributed by atoms with van der Waals surface area (Å²) in [6.07, 6.45) is 4.56. The van der Waals surface area contributed by atoms with Crippen molar-refractivity contribution in [3.63, 3.8) is 0 Å². The van der Waals surface area contributed by atoms with Crippen LogP contribution in [0.5, 0.6) is 0 Å². The number of likely N-dealkylation sites (N-methyl/N-ethyl adjacent to an activating group) is 1. The van der Waals surface area contributed by atoms with E-state index in [1.165, 1.54) is 25.5 Å². The molecule has 6 nitrogen and oxygen atoms in total. The van der Waals surface area contributed by atoms with E-state index in [4.69, 9.17) is 4.74 Å². The molecule has 0 spiro atoms. The molecule has 2 amide bonds. The van der Waals surface area contributed by atoms with Crippen LogP contribution in [0.15, 0.2) is 30.3 Å². The zero-order valence-corrected chi connectivity index (χ0v) is 16.4. The largest absolute Gasteiger partial charge is 0.375 e. The van der Waals surface area contributed by atoms with Crippen molar-refractivity contribution in [2.24, 2.45) is 0 Å². The number of methoxy groups -OCH3 is 1. The van der Waals surface area contributed by atoms with Crippen LogP contribution in [0, 0.1) is 0 Å². The van der Waals surface area contributed by atoms with Gasteiger partial charge >= 0.3 is 0 Å². The number of piperazine rings is 1. The van der Waals surface area contributed by atoms with Crippen LogP contribution < -0.4 is 5.32 Å². The molecule has 3 rings (SSSR count). The third-order valence-corrected chi connectivity index (χ3v) is 6.02. The molecule has 1 saturated carbocycles. The summed E-state index contributed by atoms with van der Waals surface area (Å²) in [5, 5.41) is 3.18. The maximum absolute atomic E-state index is 13.0. The van der Waals surface area contributed by atoms with Crippen molar-refractivity contribution in [1.82, 2.24) is 15.1 Å². The Bertz CT molecular complexity index is 643. The van der Waals surface area contributed by atoms with Gasteiger partial charge in [-0.1, -0.05) is 43.2 Å². The van der Waals surface area contributed by atoms with E-state index in [1.54, 1.807) is 4.90 Å². The highest BCUT2D eigenvalue weighted by molar-refractivity contribution is 5.88. The molecule has 0 unspecified atom stereocenters. The van der Waals surface area contributed by atoms with Crippen LogP contribution in [0.3, 0.4) is 0 Å². The van der Waals surface area contributed by atoms with Crippen LogP contribution in [0.1, 0.15) is 31.2 Å². The Labute approximate surface area is 161 Å². The monoisotopic (exact) mass is 373 g/mol. The molecule has 1 aliphatic heterocycles. The molecule has 1 heterocycles. The van der Waals surface area contributed by atoms with Crippen molar-refractivity contribution in [2.45, 2.75) is 37.1 Å². The van der Waals surface area contributed by atoms with Gasteiger partial charge in [-0.25, -0.2) is 0 Å². The van der Waals surface area contributed by atoms with Gasteiger partial charge in [0.1, 0.15) is 12.6 Å². The van der Waals surface area contributed by atoms with E-state index >= 15 is 0 Å². The first-order valence-electron chi connectivity index (χ1n) is 9.86. The van der Waals surface area contributed by atoms with Crippen LogP contribution in [-0.4, -0.2) is 74.6 Å². The summed E-state index contributed by atoms with van der Waals surface area (Å²) in [4.78, 5) is 29.2. The SMILES string of the molecule is COCC(=O)N1CCN(C)C[C@@H]1C(=O)NCC1(c2ccccc2)CCCC1. The van der Waals surface area contributed by atoms with Gasteiger partial charge in [0, 0.05) is 38.7 Å². The summed E-state index contributed by atoms with van der Waals surface area (Å²) in [5.41, 5.74) is 1.31. The molecule has 1 atom stereocenters. The highest BCUT2D eigenvalue weighted by atomic mass is 16.5. The number of rotatable bonds is 6. The number of carbonyl (C=O) groups is 2. The lowest BCUT2D eigenvalue weighted by atomic mass is 9.79. The summed E-state index contributed by atoms with van der Waals surface area (Å²) in [6, 6.07) is 10.0. The summed E-state index contributed by atoms with van der Waals surface area (Å²) in [7, 11) is 3.49. The van der Waals surface area contributed by atoms with Crippen molar-refractivity contribution in [1.29, 1.82) is 0 Å². The smallest absolute Gasteiger partial charge is 0.249 e. The Kier molecular flexibility index (Phi) is 6.50. The van der Waals surface area contributed by atoms with Gasteiger partial charge < -0.3 is 19.9 Å². The fourth-order valence-electron chi connectivity index (χ4n) is 4.43. The molecule has 0 radical (unpaired) electrons. The Morgan fingerprint density at radius 1 is 1.19 bits per heavy atom. The van der Waals surface area contributed by atoms with Gasteiger partial charge in [-0.3, -0.25) is 9.59 Å². The fraction of sp³-hybridized carbons (Fsp3) is 0.619. The maximum Gasteiger partial charge on any atom is 0.249 e. The number of benzene rings is 1. The lowest BCUT2D eigenvalue weighted by Crippen LogP contribution is -2.61. The molecule has 6 heteroatoms. The average Bonchev–Trinajstić information content (AvgIpc) is 3.17. The van der Waals surface area contributed by atoms with Crippen molar-refractivity contribution < 1.29 is 14.3 Å². The Balaban J connectivity index is 1.69. The molecule has 148 valence electrons. The minimum Gasteiger partial charge on any atom is -0.375 e. The van der Waals surface area contributed by atoms with E-state index in [0.717, 1.165) is 19.4 Å². The molecule has 1 N–H and O–H groups in total. The maximum atomic E-state index is 13.0. The molecular weight excluding hydrogens is 342 g/mol. The first-order chi connectivity index (χ1) is 13.1. The number of amides is 2. The van der Waals surface area contributed by atoms with Gasteiger partial charge in [0.2, 0.25) is 11.8 Å². The summed E-state index contributed by atoms with van der Waals surface area (Å²) in [6.45, 7) is 2.53. The Morgan fingerprint density at radius 2 is 1.89 bits per heavy atom. The summed E-state index contributed by atoms with van der Waals surface area (Å²) < 4.78 is 4.99. The second-order valence-corrected chi connectivity index (χ2v) is 7.87. The third-order valence-electron chi connectivity index (χ3n) is 6.02. The third kappa shape index (κ3) is 4.50. The van der Waals surface area contributed by atoms with Crippen molar-refractivity contribution >= 4 is 11.8 Å². The van der Waals surface area contributed by atoms with E-state index < -0.39 is 6.04 Å². The average molecular weight is 373 g/mol. The first-order valence-corrected chi connectivity index (χ1v) is 9.86. The van der Waals surface area contributed by atoms with Gasteiger partial charge in [-0.15, -0.1) is 0 Å². The zero-order chi connectivity index (χ0) is 19.3. The van der Waals surface area contributed by atoms with Crippen molar-refractivity contribution in [3.05, 3.63) is 35.9 Å². The fourth-order valence-corrected chi connectivity index (χ4v) is 4.43. The molecule has 1 aliphatic carbocycles. The van der Waals surface area contributed by atoms with E-state index in [2.05, 4.69) is 34.5 Å². The number of carbonyl (C=O) groups excluding carboxylic acids is 2. The molecule has 1 aromatic carbocycles. The van der Waals surface area contributed by atoms with Gasteiger partial charge in [0.05, 0.1) is 0 Å². The normalized spacial score (nSPS) is 22.6. The Hall–Kier alpha value is -1.92. The molecule has 1 aromatic rings. The summed E-state index contributed by atoms with van der Waals surface area (Å²) in [5.74, 6) is -0.183. The quantitative estimate of drug-likeness (QED) is 0.819. The molecule has 2 aliphatic rings. The minimum atomic E-state index is -0.458. The van der Waals surface area contributed by atoms with E-state index in [9.17, 15) is 9.59 Å². The van der Waals surface area contributed by atoms with Gasteiger partial charge in [0.25, 0.3) is 0 Å². The molecule has 2 fully saturated rings. The number of nitrogens with one attached hydrogen (secondary N) is 1. The number of hydrogen-bond donors (Lipinski definition) is 1. The number of nitrogens with zero attached hydrogens (tertiary/aromatic N) is 2. The van der Waals surface area contributed by atoms with Crippen LogP contribution >= 0.6 is 0 Å². The van der Waals surface area contributed by atoms with Gasteiger partial charge in [-0.2, -0.15) is 0 Å². The lowest BCUT2D eigenvalue weighted by molar-refractivity contribution is -0.146. The van der Waals surface area contributed by atoms with E-state index in [0.29, 0.717) is 19.6 Å². The van der Waals surface area contributed by atoms with Crippen LogP contribution in [0.25, 0.3) is 0 Å². The molecule has 0 bridgehead atoms. The minimum absolute atomic E-state index is 0.0128. The standard InChI is InChI=1S/C21H31N3O3/c1-23-12-13-24(19(25)15-27-2)18(14-23)20(26)22-16-21(10-6-7-11-21)17-8-4-3-5-9-17/h3-5,8-9,18H,6-7,10-16H2,1-2H3,(H,22,26)/t18-/m1/s1. The number of hydrogen-bond acceptors (Lipinski definition) is 4. The predicted molar refractivity (Wildman–Crippen MR) is 104 cm³/mol. The van der Waals surface area contributed by atoms with Crippen LogP contribution in [0.4, 0.5) is 0 Å².